The highest BCUT2D eigenvalue weighted by molar-refractivity contribution is 5.74. The van der Waals surface area contributed by atoms with Crippen molar-refractivity contribution >= 4 is 5.97 Å². The summed E-state index contributed by atoms with van der Waals surface area (Å²) in [6.07, 6.45) is 1.13. The Bertz CT molecular complexity index is 177. The summed E-state index contributed by atoms with van der Waals surface area (Å²) >= 11 is 0. The number of aliphatic hydroxyl groups is 1. The zero-order valence-corrected chi connectivity index (χ0v) is 8.22. The molecule has 0 aromatic carbocycles. The first-order valence-corrected chi connectivity index (χ1v) is 4.43. The zero-order chi connectivity index (χ0) is 11.1. The van der Waals surface area contributed by atoms with E-state index >= 15 is 0 Å². The number of hydrogen-bond acceptors (Lipinski definition) is 5. The molecule has 3 atom stereocenters. The molecule has 0 spiro atoms. The largest absolute Gasteiger partial charge is 0.480 e. The maximum atomic E-state index is 10.5. The predicted octanol–water partition coefficient (Wildman–Crippen LogP) is -1.49. The van der Waals surface area contributed by atoms with Gasteiger partial charge in [0.05, 0.1) is 6.10 Å². The van der Waals surface area contributed by atoms with E-state index in [1.165, 1.54) is 0 Å². The molecule has 0 aromatic heterocycles. The molecule has 0 aromatic rings. The Labute approximate surface area is 82.8 Å². The first-order chi connectivity index (χ1) is 6.63. The lowest BCUT2D eigenvalue weighted by Crippen LogP contribution is -2.54. The minimum absolute atomic E-state index is 0.246. The normalized spacial score (nSPS) is 28.6. The van der Waals surface area contributed by atoms with Crippen molar-refractivity contribution in [2.75, 3.05) is 13.7 Å². The minimum Gasteiger partial charge on any atom is -0.480 e. The molecule has 0 amide bonds. The quantitative estimate of drug-likeness (QED) is 0.437. The molecule has 1 saturated heterocycles. The Morgan fingerprint density at radius 3 is 2.57 bits per heavy atom. The van der Waals surface area contributed by atoms with Crippen molar-refractivity contribution in [1.82, 2.24) is 0 Å². The number of nitrogens with two attached hydrogens (primary N) is 2. The maximum absolute atomic E-state index is 10.5. The summed E-state index contributed by atoms with van der Waals surface area (Å²) in [4.78, 5) is 10.5. The van der Waals surface area contributed by atoms with Gasteiger partial charge in [-0.3, -0.25) is 4.79 Å². The Kier molecular flexibility index (Phi) is 6.39. The number of carbonyl (C=O) groups is 1. The molecule has 1 rings (SSSR count). The third kappa shape index (κ3) is 3.59. The van der Waals surface area contributed by atoms with E-state index in [9.17, 15) is 4.79 Å². The molecule has 14 heavy (non-hydrogen) atoms. The van der Waals surface area contributed by atoms with Gasteiger partial charge in [0.1, 0.15) is 6.04 Å². The van der Waals surface area contributed by atoms with Crippen LogP contribution in [0.5, 0.6) is 0 Å². The Balaban J connectivity index is 0.000000791. The monoisotopic (exact) mass is 206 g/mol. The Hall–Kier alpha value is -0.690. The van der Waals surface area contributed by atoms with Gasteiger partial charge in [-0.15, -0.1) is 0 Å². The van der Waals surface area contributed by atoms with Crippen molar-refractivity contribution in [2.24, 2.45) is 11.5 Å². The van der Waals surface area contributed by atoms with Gasteiger partial charge in [0.25, 0.3) is 0 Å². The van der Waals surface area contributed by atoms with Crippen molar-refractivity contribution in [3.63, 3.8) is 0 Å². The van der Waals surface area contributed by atoms with Gasteiger partial charge in [-0.2, -0.15) is 0 Å². The second-order valence-corrected chi connectivity index (χ2v) is 3.01. The minimum atomic E-state index is -1.06. The summed E-state index contributed by atoms with van der Waals surface area (Å²) in [5.74, 6) is -1.06. The molecule has 6 N–H and O–H groups in total. The number of rotatable bonds is 2. The summed E-state index contributed by atoms with van der Waals surface area (Å²) < 4.78 is 5.18. The van der Waals surface area contributed by atoms with E-state index in [0.717, 1.165) is 20.0 Å². The lowest BCUT2D eigenvalue weighted by molar-refractivity contribution is -0.144. The molecule has 0 radical (unpaired) electrons. The number of ether oxygens (including phenoxy) is 1. The van der Waals surface area contributed by atoms with E-state index in [1.54, 1.807) is 0 Å². The highest BCUT2D eigenvalue weighted by Gasteiger charge is 2.32. The van der Waals surface area contributed by atoms with E-state index in [4.69, 9.17) is 26.4 Å². The zero-order valence-electron chi connectivity index (χ0n) is 8.22. The van der Waals surface area contributed by atoms with Crippen molar-refractivity contribution in [3.05, 3.63) is 0 Å². The van der Waals surface area contributed by atoms with Gasteiger partial charge in [0, 0.05) is 19.8 Å². The van der Waals surface area contributed by atoms with E-state index in [0.29, 0.717) is 6.61 Å². The number of aliphatic hydroxyl groups excluding tert-OH is 1. The number of carboxylic acids is 1. The Morgan fingerprint density at radius 1 is 1.57 bits per heavy atom. The van der Waals surface area contributed by atoms with Crippen molar-refractivity contribution in [1.29, 1.82) is 0 Å². The summed E-state index contributed by atoms with van der Waals surface area (Å²) in [5, 5.41) is 15.6. The smallest absolute Gasteiger partial charge is 0.323 e. The maximum Gasteiger partial charge on any atom is 0.323 e. The molecule has 84 valence electrons. The van der Waals surface area contributed by atoms with Crippen LogP contribution >= 0.6 is 0 Å². The van der Waals surface area contributed by atoms with Gasteiger partial charge in [0.2, 0.25) is 0 Å². The Morgan fingerprint density at radius 2 is 2.14 bits per heavy atom. The van der Waals surface area contributed by atoms with Gasteiger partial charge < -0.3 is 26.4 Å². The molecule has 1 aliphatic heterocycles. The number of hydrogen-bond donors (Lipinski definition) is 4. The third-order valence-corrected chi connectivity index (χ3v) is 2.05. The molecule has 1 fully saturated rings. The van der Waals surface area contributed by atoms with Crippen LogP contribution in [0.25, 0.3) is 0 Å². The summed E-state index contributed by atoms with van der Waals surface area (Å²) in [7, 11) is 1.00. The van der Waals surface area contributed by atoms with Crippen LogP contribution in [0.4, 0.5) is 0 Å². The van der Waals surface area contributed by atoms with Gasteiger partial charge in [0.15, 0.2) is 0 Å². The van der Waals surface area contributed by atoms with Gasteiger partial charge in [-0.1, -0.05) is 0 Å². The highest BCUT2D eigenvalue weighted by Crippen LogP contribution is 2.14. The topological polar surface area (TPSA) is 119 Å². The van der Waals surface area contributed by atoms with Crippen LogP contribution in [-0.2, 0) is 9.53 Å². The van der Waals surface area contributed by atoms with Crippen LogP contribution in [0.1, 0.15) is 12.8 Å². The van der Waals surface area contributed by atoms with E-state index < -0.39 is 18.1 Å². The fourth-order valence-electron chi connectivity index (χ4n) is 1.34. The van der Waals surface area contributed by atoms with Crippen LogP contribution in [0.3, 0.4) is 0 Å². The van der Waals surface area contributed by atoms with Gasteiger partial charge in [-0.05, 0) is 12.8 Å². The molecule has 6 nitrogen and oxygen atoms in total. The van der Waals surface area contributed by atoms with Crippen LogP contribution in [-0.4, -0.2) is 48.1 Å². The molecule has 6 heteroatoms. The predicted molar refractivity (Wildman–Crippen MR) is 50.7 cm³/mol. The molecule has 1 heterocycles. The molecule has 0 bridgehead atoms. The second-order valence-electron chi connectivity index (χ2n) is 3.01. The second kappa shape index (κ2) is 6.72. The van der Waals surface area contributed by atoms with Gasteiger partial charge >= 0.3 is 5.97 Å². The number of carboxylic acid groups (broad SMARTS) is 1. The molecule has 0 saturated carbocycles. The molecular weight excluding hydrogens is 188 g/mol. The fourth-order valence-corrected chi connectivity index (χ4v) is 1.34. The first kappa shape index (κ1) is 13.3. The van der Waals surface area contributed by atoms with Crippen molar-refractivity contribution < 1.29 is 19.7 Å². The average molecular weight is 206 g/mol. The van der Waals surface area contributed by atoms with E-state index in [-0.39, 0.29) is 6.04 Å². The average Bonchev–Trinajstić information content (AvgIpc) is 2.20. The van der Waals surface area contributed by atoms with Crippen molar-refractivity contribution in [3.8, 4) is 0 Å². The fraction of sp³-hybridized carbons (Fsp3) is 0.875. The highest BCUT2D eigenvalue weighted by atomic mass is 16.5. The van der Waals surface area contributed by atoms with Crippen molar-refractivity contribution in [2.45, 2.75) is 31.0 Å². The van der Waals surface area contributed by atoms with Gasteiger partial charge in [-0.25, -0.2) is 0 Å². The van der Waals surface area contributed by atoms with E-state index in [1.807, 2.05) is 0 Å². The lowest BCUT2D eigenvalue weighted by atomic mass is 9.98. The lowest BCUT2D eigenvalue weighted by Gasteiger charge is -2.31. The molecular formula is C8H18N2O4. The first-order valence-electron chi connectivity index (χ1n) is 4.43. The van der Waals surface area contributed by atoms with E-state index in [2.05, 4.69) is 0 Å². The SMILES string of the molecule is CO.NC1CCCOC1C(N)C(=O)O. The van der Waals surface area contributed by atoms with Crippen LogP contribution < -0.4 is 11.5 Å². The standard InChI is InChI=1S/C7H14N2O3.CH4O/c8-4-2-1-3-12-6(4)5(9)7(10)11;1-2/h4-6H,1-3,8-9H2,(H,10,11);2H,1H3. The molecule has 1 aliphatic rings. The third-order valence-electron chi connectivity index (χ3n) is 2.05. The summed E-state index contributed by atoms with van der Waals surface area (Å²) in [5.41, 5.74) is 11.0. The summed E-state index contributed by atoms with van der Waals surface area (Å²) in [6, 6.07) is -1.25. The molecule has 3 unspecified atom stereocenters. The number of aliphatic carboxylic acids is 1. The van der Waals surface area contributed by atoms with Crippen LogP contribution in [0.15, 0.2) is 0 Å². The molecule has 0 aliphatic carbocycles. The van der Waals surface area contributed by atoms with Crippen LogP contribution in [0, 0.1) is 0 Å². The van der Waals surface area contributed by atoms with Crippen LogP contribution in [0.2, 0.25) is 0 Å². The summed E-state index contributed by atoms with van der Waals surface area (Å²) in [6.45, 7) is 0.555.